The number of hydrogen-bond acceptors (Lipinski definition) is 17. The van der Waals surface area contributed by atoms with Crippen LogP contribution in [0.3, 0.4) is 0 Å². The van der Waals surface area contributed by atoms with Gasteiger partial charge in [0.15, 0.2) is 35.1 Å². The van der Waals surface area contributed by atoms with Crippen LogP contribution in [0.4, 0.5) is 11.8 Å². The zero-order valence-corrected chi connectivity index (χ0v) is 24.4. The Morgan fingerprint density at radius 2 is 1.62 bits per heavy atom. The number of nitrogen functional groups attached to an aromatic ring is 2. The number of nitrogens with one attached hydrogen (secondary N) is 1. The summed E-state index contributed by atoms with van der Waals surface area (Å²) in [6, 6.07) is 0. The Labute approximate surface area is 249 Å². The first kappa shape index (κ1) is 30.0. The molecule has 2 unspecified atom stereocenters. The standard InChI is InChI=1S/C21H24N10O12P2/c1-7-8-2-38-45(36,37)43-14-9(41-19(12(14)32)30-5-26-10-15(22)24-4-25-16(10)30)3-39-44(34,35)42-13(7)20(40-8)31-6-27-11-17(31)28-21(23)29-18(11)33/h4-6,8-9,12-14,19-20,32H,1-3H2,(H,34,35)(H,36,37)(H2,22,24,25)(H3,23,28,29,33)/t8-,9-,12-,13-,14-,19-,20-/m1/s1. The van der Waals surface area contributed by atoms with Crippen LogP contribution in [-0.2, 0) is 36.7 Å². The van der Waals surface area contributed by atoms with E-state index in [1.54, 1.807) is 0 Å². The summed E-state index contributed by atoms with van der Waals surface area (Å²) in [5.74, 6) is -0.196. The van der Waals surface area contributed by atoms with Crippen LogP contribution in [-0.4, -0.2) is 97.7 Å². The van der Waals surface area contributed by atoms with Crippen molar-refractivity contribution in [3.8, 4) is 0 Å². The van der Waals surface area contributed by atoms with E-state index in [0.29, 0.717) is 0 Å². The summed E-state index contributed by atoms with van der Waals surface area (Å²) in [4.78, 5) is 56.1. The van der Waals surface area contributed by atoms with Gasteiger partial charge in [-0.2, -0.15) is 4.98 Å². The van der Waals surface area contributed by atoms with Crippen molar-refractivity contribution in [1.82, 2.24) is 39.0 Å². The van der Waals surface area contributed by atoms with Crippen LogP contribution in [0.15, 0.2) is 35.9 Å². The molecule has 2 bridgehead atoms. The van der Waals surface area contributed by atoms with Crippen LogP contribution in [0.2, 0.25) is 0 Å². The molecule has 0 amide bonds. The van der Waals surface area contributed by atoms with Gasteiger partial charge in [-0.3, -0.25) is 37.0 Å². The zero-order chi connectivity index (χ0) is 31.8. The van der Waals surface area contributed by atoms with Crippen molar-refractivity contribution in [3.05, 3.63) is 41.5 Å². The molecule has 0 aromatic carbocycles. The van der Waals surface area contributed by atoms with Crippen molar-refractivity contribution < 1.29 is 51.6 Å². The van der Waals surface area contributed by atoms with Gasteiger partial charge in [0.05, 0.1) is 25.9 Å². The normalized spacial score (nSPS) is 36.1. The SMILES string of the molecule is C=C1[C@H]2OP(=O)(O)OC[C@H]3O[C@@H](n4cnc5c(N)ncnc54)[C@H](O)[C@@H]3OP(=O)(O)OC[C@H]1O[C@H]2n1cnc2c(=O)[nH]c(N)nc21. The van der Waals surface area contributed by atoms with E-state index < -0.39 is 77.4 Å². The molecule has 240 valence electrons. The molecule has 0 saturated carbocycles. The Kier molecular flexibility index (Phi) is 7.15. The van der Waals surface area contributed by atoms with Gasteiger partial charge >= 0.3 is 15.6 Å². The quantitative estimate of drug-likeness (QED) is 0.108. The summed E-state index contributed by atoms with van der Waals surface area (Å²) < 4.78 is 61.8. The molecule has 8 N–H and O–H groups in total. The Hall–Kier alpha value is -3.66. The maximum atomic E-state index is 13.3. The van der Waals surface area contributed by atoms with Crippen LogP contribution in [0.5, 0.6) is 0 Å². The largest absolute Gasteiger partial charge is 0.473 e. The highest BCUT2D eigenvalue weighted by molar-refractivity contribution is 7.47. The number of H-pyrrole nitrogens is 1. The molecule has 9 atom stereocenters. The molecule has 0 spiro atoms. The van der Waals surface area contributed by atoms with Gasteiger partial charge in [0.25, 0.3) is 5.56 Å². The van der Waals surface area contributed by atoms with Gasteiger partial charge in [-0.05, 0) is 5.57 Å². The van der Waals surface area contributed by atoms with Gasteiger partial charge in [-0.1, -0.05) is 6.58 Å². The number of imidazole rings is 2. The van der Waals surface area contributed by atoms with Crippen molar-refractivity contribution in [3.63, 3.8) is 0 Å². The summed E-state index contributed by atoms with van der Waals surface area (Å²) in [6.45, 7) is 2.40. The minimum absolute atomic E-state index is 0.00146. The second-order valence-electron chi connectivity index (χ2n) is 10.1. The summed E-state index contributed by atoms with van der Waals surface area (Å²) in [7, 11) is -10.0. The Morgan fingerprint density at radius 3 is 2.40 bits per heavy atom. The van der Waals surface area contributed by atoms with Crippen molar-refractivity contribution in [1.29, 1.82) is 0 Å². The van der Waals surface area contributed by atoms with E-state index in [9.17, 15) is 28.8 Å². The molecular weight excluding hydrogens is 646 g/mol. The lowest BCUT2D eigenvalue weighted by Gasteiger charge is -2.25. The molecule has 22 nitrogen and oxygen atoms in total. The van der Waals surface area contributed by atoms with E-state index in [1.807, 2.05) is 0 Å². The minimum atomic E-state index is -5.01. The number of ether oxygens (including phenoxy) is 2. The van der Waals surface area contributed by atoms with Crippen LogP contribution in [0.1, 0.15) is 12.5 Å². The number of hydrogen-bond donors (Lipinski definition) is 6. The first-order valence-corrected chi connectivity index (χ1v) is 16.0. The van der Waals surface area contributed by atoms with Gasteiger partial charge in [0, 0.05) is 0 Å². The minimum Gasteiger partial charge on any atom is -0.386 e. The Bertz CT molecular complexity index is 1980. The topological polar surface area (TPSA) is 309 Å². The Morgan fingerprint density at radius 1 is 0.933 bits per heavy atom. The lowest BCUT2D eigenvalue weighted by molar-refractivity contribution is -0.0670. The monoisotopic (exact) mass is 670 g/mol. The summed E-state index contributed by atoms with van der Waals surface area (Å²) >= 11 is 0. The number of phosphoric ester groups is 2. The van der Waals surface area contributed by atoms with Crippen LogP contribution >= 0.6 is 15.6 Å². The number of nitrogens with zero attached hydrogens (tertiary/aromatic N) is 7. The van der Waals surface area contributed by atoms with E-state index in [4.69, 9.17) is 39.0 Å². The molecule has 0 aliphatic carbocycles. The second-order valence-corrected chi connectivity index (χ2v) is 12.9. The van der Waals surface area contributed by atoms with E-state index in [1.165, 1.54) is 15.5 Å². The average molecular weight is 670 g/mol. The molecule has 3 aliphatic rings. The van der Waals surface area contributed by atoms with Gasteiger partial charge in [0.1, 0.15) is 42.4 Å². The third-order valence-electron chi connectivity index (χ3n) is 7.33. The molecule has 0 radical (unpaired) electrons. The van der Waals surface area contributed by atoms with Gasteiger partial charge in [0.2, 0.25) is 5.95 Å². The van der Waals surface area contributed by atoms with Gasteiger partial charge in [-0.15, -0.1) is 0 Å². The number of phosphoric acid groups is 2. The lowest BCUT2D eigenvalue weighted by atomic mass is 10.1. The molecular formula is C21H24N10O12P2. The van der Waals surface area contributed by atoms with Gasteiger partial charge < -0.3 is 35.8 Å². The highest BCUT2D eigenvalue weighted by atomic mass is 31.2. The first-order chi connectivity index (χ1) is 21.3. The van der Waals surface area contributed by atoms with Crippen LogP contribution in [0, 0.1) is 0 Å². The molecule has 4 aromatic heterocycles. The van der Waals surface area contributed by atoms with Crippen molar-refractivity contribution in [2.75, 3.05) is 24.7 Å². The third kappa shape index (κ3) is 5.24. The van der Waals surface area contributed by atoms with E-state index >= 15 is 0 Å². The van der Waals surface area contributed by atoms with Crippen LogP contribution < -0.4 is 17.0 Å². The number of rotatable bonds is 2. The molecule has 24 heteroatoms. The average Bonchev–Trinajstić information content (AvgIpc) is 3.72. The maximum absolute atomic E-state index is 13.3. The van der Waals surface area contributed by atoms with Crippen molar-refractivity contribution in [2.45, 2.75) is 43.0 Å². The fourth-order valence-electron chi connectivity index (χ4n) is 5.26. The predicted molar refractivity (Wildman–Crippen MR) is 147 cm³/mol. The number of aromatic nitrogens is 8. The highest BCUT2D eigenvalue weighted by Crippen LogP contribution is 2.54. The number of aliphatic hydroxyl groups excluding tert-OH is 1. The fraction of sp³-hybridized carbons (Fsp3) is 0.429. The van der Waals surface area contributed by atoms with Crippen molar-refractivity contribution in [2.24, 2.45) is 0 Å². The Balaban J connectivity index is 1.21. The first-order valence-electron chi connectivity index (χ1n) is 13.0. The predicted octanol–water partition coefficient (Wildman–Crippen LogP) is -1.15. The summed E-state index contributed by atoms with van der Waals surface area (Å²) in [5.41, 5.74) is 11.0. The smallest absolute Gasteiger partial charge is 0.386 e. The fourth-order valence-corrected chi connectivity index (χ4v) is 7.13. The number of aromatic amines is 1. The number of aliphatic hydroxyl groups is 1. The number of nitrogens with two attached hydrogens (primary N) is 2. The van der Waals surface area contributed by atoms with E-state index in [2.05, 4.69) is 36.5 Å². The van der Waals surface area contributed by atoms with Gasteiger partial charge in [-0.25, -0.2) is 29.1 Å². The molecule has 7 heterocycles. The number of fused-ring (bicyclic) bond motifs is 5. The summed E-state index contributed by atoms with van der Waals surface area (Å²) in [6.07, 6.45) is -6.55. The third-order valence-corrected chi connectivity index (χ3v) is 9.28. The molecule has 3 aliphatic heterocycles. The van der Waals surface area contributed by atoms with Crippen molar-refractivity contribution >= 4 is 49.7 Å². The molecule has 45 heavy (non-hydrogen) atoms. The lowest BCUT2D eigenvalue weighted by Crippen LogP contribution is -2.36. The van der Waals surface area contributed by atoms with E-state index in [-0.39, 0.29) is 39.7 Å². The zero-order valence-electron chi connectivity index (χ0n) is 22.6. The van der Waals surface area contributed by atoms with Crippen LogP contribution in [0.25, 0.3) is 22.3 Å². The van der Waals surface area contributed by atoms with E-state index in [0.717, 1.165) is 12.7 Å². The molecule has 3 fully saturated rings. The molecule has 3 saturated heterocycles. The molecule has 4 aromatic rings. The summed E-state index contributed by atoms with van der Waals surface area (Å²) in [5, 5.41) is 11.2. The second kappa shape index (κ2) is 10.7. The number of anilines is 2. The molecule has 7 rings (SSSR count). The maximum Gasteiger partial charge on any atom is 0.473 e. The highest BCUT2D eigenvalue weighted by Gasteiger charge is 2.52.